The summed E-state index contributed by atoms with van der Waals surface area (Å²) in [5.74, 6) is -2.11. The molecular weight excluding hydrogens is 296 g/mol. The number of hydrogen-bond acceptors (Lipinski definition) is 4. The number of carbonyl (C=O) groups is 2. The number of fused-ring (bicyclic) bond motifs is 1. The number of likely N-dealkylation sites (tertiary alicyclic amines) is 1. The number of rotatable bonds is 2. The highest BCUT2D eigenvalue weighted by molar-refractivity contribution is 6.29. The maximum atomic E-state index is 11.2. The smallest absolute Gasteiger partial charge is 0.422 e. The van der Waals surface area contributed by atoms with Crippen molar-refractivity contribution < 1.29 is 19.4 Å². The Balaban J connectivity index is 1.95. The molecule has 2 aromatic rings. The second kappa shape index (κ2) is 6.04. The average molecular weight is 316 g/mol. The van der Waals surface area contributed by atoms with Gasteiger partial charge in [0, 0.05) is 24.1 Å². The van der Waals surface area contributed by atoms with Crippen molar-refractivity contribution in [1.29, 1.82) is 0 Å². The maximum absolute atomic E-state index is 11.2. The Kier molecular flexibility index (Phi) is 4.09. The van der Waals surface area contributed by atoms with Crippen LogP contribution in [-0.4, -0.2) is 46.6 Å². The van der Waals surface area contributed by atoms with Crippen LogP contribution >= 0.6 is 0 Å². The van der Waals surface area contributed by atoms with Crippen LogP contribution in [0.2, 0.25) is 0 Å². The number of aromatic nitrogens is 1. The standard InChI is InChI=1S/C17H20N2O4/c1-18-7-5-11(6-8-18)14-10-19(2)15-4-3-12(9-13(14)15)23-17(22)16(20)21/h3-4,9-11H,5-8H2,1-2H3,(H,20,21). The van der Waals surface area contributed by atoms with Crippen LogP contribution in [-0.2, 0) is 16.6 Å². The highest BCUT2D eigenvalue weighted by atomic mass is 16.6. The molecule has 0 spiro atoms. The van der Waals surface area contributed by atoms with Crippen LogP contribution in [0, 0.1) is 0 Å². The van der Waals surface area contributed by atoms with Crippen LogP contribution in [0.5, 0.6) is 5.75 Å². The lowest BCUT2D eigenvalue weighted by Gasteiger charge is -2.28. The normalized spacial score (nSPS) is 16.6. The van der Waals surface area contributed by atoms with Crippen LogP contribution in [0.15, 0.2) is 24.4 Å². The predicted molar refractivity (Wildman–Crippen MR) is 85.7 cm³/mol. The molecule has 0 radical (unpaired) electrons. The van der Waals surface area contributed by atoms with Gasteiger partial charge in [-0.15, -0.1) is 0 Å². The van der Waals surface area contributed by atoms with Gasteiger partial charge in [0.15, 0.2) is 0 Å². The van der Waals surface area contributed by atoms with E-state index in [1.165, 1.54) is 5.56 Å². The van der Waals surface area contributed by atoms with Crippen LogP contribution < -0.4 is 4.74 Å². The lowest BCUT2D eigenvalue weighted by Crippen LogP contribution is -2.29. The molecular formula is C17H20N2O4. The first kappa shape index (κ1) is 15.6. The van der Waals surface area contributed by atoms with E-state index in [2.05, 4.69) is 22.7 Å². The number of esters is 1. The summed E-state index contributed by atoms with van der Waals surface area (Å²) in [6, 6.07) is 5.25. The van der Waals surface area contributed by atoms with Gasteiger partial charge in [0.25, 0.3) is 0 Å². The van der Waals surface area contributed by atoms with Crippen molar-refractivity contribution in [1.82, 2.24) is 9.47 Å². The van der Waals surface area contributed by atoms with Crippen molar-refractivity contribution in [3.63, 3.8) is 0 Å². The molecule has 0 unspecified atom stereocenters. The van der Waals surface area contributed by atoms with E-state index < -0.39 is 11.9 Å². The van der Waals surface area contributed by atoms with Gasteiger partial charge in [-0.05, 0) is 62.7 Å². The van der Waals surface area contributed by atoms with E-state index in [0.29, 0.717) is 5.92 Å². The van der Waals surface area contributed by atoms with E-state index in [4.69, 9.17) is 9.84 Å². The van der Waals surface area contributed by atoms with Gasteiger partial charge in [-0.25, -0.2) is 9.59 Å². The molecule has 0 atom stereocenters. The largest absolute Gasteiger partial charge is 0.473 e. The zero-order valence-corrected chi connectivity index (χ0v) is 13.3. The minimum atomic E-state index is -1.59. The average Bonchev–Trinajstić information content (AvgIpc) is 2.84. The fourth-order valence-corrected chi connectivity index (χ4v) is 3.26. The molecule has 6 nitrogen and oxygen atoms in total. The number of aryl methyl sites for hydroxylation is 1. The number of piperidine rings is 1. The van der Waals surface area contributed by atoms with Gasteiger partial charge in [0.1, 0.15) is 5.75 Å². The minimum absolute atomic E-state index is 0.269. The molecule has 6 heteroatoms. The number of ether oxygens (including phenoxy) is 1. The van der Waals surface area contributed by atoms with E-state index in [-0.39, 0.29) is 5.75 Å². The monoisotopic (exact) mass is 316 g/mol. The number of carbonyl (C=O) groups excluding carboxylic acids is 1. The summed E-state index contributed by atoms with van der Waals surface area (Å²) in [6.07, 6.45) is 4.31. The minimum Gasteiger partial charge on any atom is -0.473 e. The Morgan fingerprint density at radius 1 is 1.22 bits per heavy atom. The summed E-state index contributed by atoms with van der Waals surface area (Å²) in [5.41, 5.74) is 2.29. The van der Waals surface area contributed by atoms with E-state index >= 15 is 0 Å². The maximum Gasteiger partial charge on any atom is 0.422 e. The zero-order chi connectivity index (χ0) is 16.6. The Morgan fingerprint density at radius 3 is 2.57 bits per heavy atom. The van der Waals surface area contributed by atoms with Gasteiger partial charge >= 0.3 is 11.9 Å². The molecule has 0 aliphatic carbocycles. The van der Waals surface area contributed by atoms with Crippen molar-refractivity contribution >= 4 is 22.8 Å². The van der Waals surface area contributed by atoms with Gasteiger partial charge in [-0.2, -0.15) is 0 Å². The topological polar surface area (TPSA) is 71.8 Å². The Bertz CT molecular complexity index is 757. The molecule has 1 aromatic carbocycles. The quantitative estimate of drug-likeness (QED) is 0.521. The lowest BCUT2D eigenvalue weighted by atomic mass is 9.89. The molecule has 1 N–H and O–H groups in total. The third-order valence-corrected chi connectivity index (χ3v) is 4.54. The summed E-state index contributed by atoms with van der Waals surface area (Å²) in [4.78, 5) is 24.2. The van der Waals surface area contributed by atoms with E-state index in [1.54, 1.807) is 12.1 Å². The fraction of sp³-hybridized carbons (Fsp3) is 0.412. The molecule has 0 amide bonds. The highest BCUT2D eigenvalue weighted by Gasteiger charge is 2.22. The Labute approximate surface area is 134 Å². The number of carboxylic acids is 1. The Hall–Kier alpha value is -2.34. The van der Waals surface area contributed by atoms with Gasteiger partial charge in [0.05, 0.1) is 0 Å². The van der Waals surface area contributed by atoms with E-state index in [1.807, 2.05) is 13.1 Å². The molecule has 3 rings (SSSR count). The molecule has 1 aromatic heterocycles. The first-order valence-corrected chi connectivity index (χ1v) is 7.68. The lowest BCUT2D eigenvalue weighted by molar-refractivity contribution is -0.158. The first-order chi connectivity index (χ1) is 11.0. The van der Waals surface area contributed by atoms with Gasteiger partial charge < -0.3 is 19.3 Å². The molecule has 122 valence electrons. The number of hydrogen-bond donors (Lipinski definition) is 1. The molecule has 0 saturated carbocycles. The van der Waals surface area contributed by atoms with Crippen molar-refractivity contribution in [2.45, 2.75) is 18.8 Å². The fourth-order valence-electron chi connectivity index (χ4n) is 3.26. The van der Waals surface area contributed by atoms with Gasteiger partial charge in [0.2, 0.25) is 0 Å². The highest BCUT2D eigenvalue weighted by Crippen LogP contribution is 2.35. The second-order valence-electron chi connectivity index (χ2n) is 6.15. The number of carboxylic acid groups (broad SMARTS) is 1. The summed E-state index contributed by atoms with van der Waals surface area (Å²) < 4.78 is 6.96. The summed E-state index contributed by atoms with van der Waals surface area (Å²) in [5, 5.41) is 9.69. The van der Waals surface area contributed by atoms with Crippen molar-refractivity contribution in [3.05, 3.63) is 30.0 Å². The number of benzene rings is 1. The SMILES string of the molecule is CN1CCC(c2cn(C)c3ccc(OC(=O)C(=O)O)cc23)CC1. The summed E-state index contributed by atoms with van der Waals surface area (Å²) in [6.45, 7) is 2.13. The summed E-state index contributed by atoms with van der Waals surface area (Å²) >= 11 is 0. The van der Waals surface area contributed by atoms with Gasteiger partial charge in [-0.3, -0.25) is 0 Å². The molecule has 1 fully saturated rings. The van der Waals surface area contributed by atoms with Crippen LogP contribution in [0.4, 0.5) is 0 Å². The number of aliphatic carboxylic acids is 1. The van der Waals surface area contributed by atoms with E-state index in [0.717, 1.165) is 36.8 Å². The second-order valence-corrected chi connectivity index (χ2v) is 6.15. The molecule has 1 aliphatic heterocycles. The van der Waals surface area contributed by atoms with Crippen LogP contribution in [0.1, 0.15) is 24.3 Å². The number of nitrogens with zero attached hydrogens (tertiary/aromatic N) is 2. The molecule has 1 aliphatic rings. The first-order valence-electron chi connectivity index (χ1n) is 7.68. The van der Waals surface area contributed by atoms with Crippen molar-refractivity contribution in [2.75, 3.05) is 20.1 Å². The molecule has 2 heterocycles. The summed E-state index contributed by atoms with van der Waals surface area (Å²) in [7, 11) is 4.12. The van der Waals surface area contributed by atoms with Crippen LogP contribution in [0.25, 0.3) is 10.9 Å². The van der Waals surface area contributed by atoms with Crippen molar-refractivity contribution in [3.8, 4) is 5.75 Å². The molecule has 0 bridgehead atoms. The van der Waals surface area contributed by atoms with E-state index in [9.17, 15) is 9.59 Å². The predicted octanol–water partition coefficient (Wildman–Crippen LogP) is 1.98. The van der Waals surface area contributed by atoms with Crippen molar-refractivity contribution in [2.24, 2.45) is 7.05 Å². The third kappa shape index (κ3) is 3.07. The Morgan fingerprint density at radius 2 is 1.91 bits per heavy atom. The third-order valence-electron chi connectivity index (χ3n) is 4.54. The zero-order valence-electron chi connectivity index (χ0n) is 13.3. The van der Waals surface area contributed by atoms with Gasteiger partial charge in [-0.1, -0.05) is 0 Å². The molecule has 1 saturated heterocycles. The van der Waals surface area contributed by atoms with Crippen LogP contribution in [0.3, 0.4) is 0 Å². The molecule has 23 heavy (non-hydrogen) atoms.